The number of aromatic nitrogens is 1. The molecule has 8 heteroatoms. The van der Waals surface area contributed by atoms with Crippen LogP contribution in [-0.4, -0.2) is 61.3 Å². The van der Waals surface area contributed by atoms with Gasteiger partial charge in [-0.25, -0.2) is 4.98 Å². The molecular formula is C21H32IN5O2. The quantitative estimate of drug-likeness (QED) is 0.352. The maximum atomic E-state index is 5.62. The first kappa shape index (κ1) is 23.6. The lowest BCUT2D eigenvalue weighted by atomic mass is 10.1. The summed E-state index contributed by atoms with van der Waals surface area (Å²) in [5.41, 5.74) is 3.04. The fourth-order valence-electron chi connectivity index (χ4n) is 3.37. The number of ether oxygens (including phenoxy) is 1. The van der Waals surface area contributed by atoms with Gasteiger partial charge < -0.3 is 19.8 Å². The summed E-state index contributed by atoms with van der Waals surface area (Å²) >= 11 is 0. The molecule has 2 aromatic rings. The number of rotatable bonds is 6. The average molecular weight is 513 g/mol. The molecule has 1 aliphatic rings. The average Bonchev–Trinajstić information content (AvgIpc) is 3.18. The highest BCUT2D eigenvalue weighted by Gasteiger charge is 2.23. The van der Waals surface area contributed by atoms with Crippen LogP contribution in [-0.2, 0) is 11.3 Å². The fourth-order valence-corrected chi connectivity index (χ4v) is 3.37. The van der Waals surface area contributed by atoms with Gasteiger partial charge in [0.05, 0.1) is 25.5 Å². The summed E-state index contributed by atoms with van der Waals surface area (Å²) in [7, 11) is 1.78. The predicted octanol–water partition coefficient (Wildman–Crippen LogP) is 3.04. The van der Waals surface area contributed by atoms with Gasteiger partial charge in [0.15, 0.2) is 5.96 Å². The van der Waals surface area contributed by atoms with E-state index < -0.39 is 0 Å². The molecule has 1 fully saturated rings. The Hall–Kier alpha value is -1.65. The van der Waals surface area contributed by atoms with Gasteiger partial charge in [0.25, 0.3) is 0 Å². The van der Waals surface area contributed by atoms with Gasteiger partial charge in [-0.2, -0.15) is 0 Å². The third-order valence-corrected chi connectivity index (χ3v) is 5.06. The van der Waals surface area contributed by atoms with Crippen LogP contribution in [0.15, 0.2) is 39.9 Å². The Morgan fingerprint density at radius 2 is 2.07 bits per heavy atom. The van der Waals surface area contributed by atoms with Crippen molar-refractivity contribution in [2.24, 2.45) is 4.99 Å². The number of nitrogens with zero attached hydrogens (tertiary/aromatic N) is 3. The van der Waals surface area contributed by atoms with Gasteiger partial charge >= 0.3 is 0 Å². The van der Waals surface area contributed by atoms with Crippen molar-refractivity contribution in [3.63, 3.8) is 0 Å². The van der Waals surface area contributed by atoms with Gasteiger partial charge in [0.1, 0.15) is 6.26 Å². The number of morpholine rings is 1. The van der Waals surface area contributed by atoms with Crippen LogP contribution in [0, 0.1) is 6.92 Å². The van der Waals surface area contributed by atoms with Crippen molar-refractivity contribution in [1.82, 2.24) is 20.5 Å². The Bertz CT molecular complexity index is 778. The Kier molecular flexibility index (Phi) is 9.38. The normalized spacial score (nSPS) is 18.8. The van der Waals surface area contributed by atoms with Crippen LogP contribution < -0.4 is 10.6 Å². The SMILES string of the molecule is CN=C(NCc1coc(-c2ccc(C)cc2)n1)NCC(C)N1CCOCC1C.I. The summed E-state index contributed by atoms with van der Waals surface area (Å²) in [4.78, 5) is 11.3. The van der Waals surface area contributed by atoms with Crippen molar-refractivity contribution >= 4 is 29.9 Å². The van der Waals surface area contributed by atoms with E-state index >= 15 is 0 Å². The van der Waals surface area contributed by atoms with Gasteiger partial charge in [0, 0.05) is 37.8 Å². The van der Waals surface area contributed by atoms with Gasteiger partial charge in [0.2, 0.25) is 5.89 Å². The molecule has 1 aromatic carbocycles. The van der Waals surface area contributed by atoms with Crippen LogP contribution in [0.25, 0.3) is 11.5 Å². The molecule has 2 heterocycles. The lowest BCUT2D eigenvalue weighted by Gasteiger charge is -2.38. The fraction of sp³-hybridized carbons (Fsp3) is 0.524. The van der Waals surface area contributed by atoms with E-state index in [4.69, 9.17) is 9.15 Å². The number of guanidine groups is 1. The van der Waals surface area contributed by atoms with Crippen molar-refractivity contribution in [2.75, 3.05) is 33.4 Å². The maximum Gasteiger partial charge on any atom is 0.226 e. The van der Waals surface area contributed by atoms with Crippen molar-refractivity contribution in [3.05, 3.63) is 41.8 Å². The van der Waals surface area contributed by atoms with E-state index in [1.54, 1.807) is 13.3 Å². The smallest absolute Gasteiger partial charge is 0.226 e. The number of aryl methyl sites for hydroxylation is 1. The molecule has 1 aliphatic heterocycles. The van der Waals surface area contributed by atoms with Gasteiger partial charge in [-0.3, -0.25) is 9.89 Å². The van der Waals surface area contributed by atoms with Crippen molar-refractivity contribution < 1.29 is 9.15 Å². The monoisotopic (exact) mass is 513 g/mol. The van der Waals surface area contributed by atoms with Crippen LogP contribution >= 0.6 is 24.0 Å². The molecule has 3 rings (SSSR count). The molecule has 160 valence electrons. The lowest BCUT2D eigenvalue weighted by molar-refractivity contribution is -0.0174. The molecule has 0 spiro atoms. The number of nitrogens with one attached hydrogen (secondary N) is 2. The Morgan fingerprint density at radius 3 is 2.76 bits per heavy atom. The Morgan fingerprint density at radius 1 is 1.31 bits per heavy atom. The predicted molar refractivity (Wildman–Crippen MR) is 127 cm³/mol. The molecule has 0 radical (unpaired) electrons. The number of hydrogen-bond donors (Lipinski definition) is 2. The van der Waals surface area contributed by atoms with E-state index in [2.05, 4.69) is 58.4 Å². The molecule has 1 aromatic heterocycles. The van der Waals surface area contributed by atoms with Crippen LogP contribution in [0.3, 0.4) is 0 Å². The highest BCUT2D eigenvalue weighted by atomic mass is 127. The largest absolute Gasteiger partial charge is 0.444 e. The van der Waals surface area contributed by atoms with E-state index in [1.165, 1.54) is 5.56 Å². The molecule has 0 amide bonds. The minimum atomic E-state index is 0. The number of oxazole rings is 1. The summed E-state index contributed by atoms with van der Waals surface area (Å²) < 4.78 is 11.1. The molecule has 29 heavy (non-hydrogen) atoms. The van der Waals surface area contributed by atoms with Crippen LogP contribution in [0.2, 0.25) is 0 Å². The second-order valence-electron chi connectivity index (χ2n) is 7.33. The summed E-state index contributed by atoms with van der Waals surface area (Å²) in [5, 5.41) is 6.70. The Labute approximate surface area is 190 Å². The molecular weight excluding hydrogens is 481 g/mol. The molecule has 7 nitrogen and oxygen atoms in total. The van der Waals surface area contributed by atoms with E-state index in [9.17, 15) is 0 Å². The van der Waals surface area contributed by atoms with Crippen molar-refractivity contribution in [2.45, 2.75) is 39.4 Å². The number of hydrogen-bond acceptors (Lipinski definition) is 5. The van der Waals surface area contributed by atoms with E-state index in [0.717, 1.165) is 43.5 Å². The third kappa shape index (κ3) is 6.68. The highest BCUT2D eigenvalue weighted by Crippen LogP contribution is 2.19. The van der Waals surface area contributed by atoms with E-state index in [-0.39, 0.29) is 24.0 Å². The summed E-state index contributed by atoms with van der Waals surface area (Å²) in [6.07, 6.45) is 1.69. The first-order valence-corrected chi connectivity index (χ1v) is 9.86. The third-order valence-electron chi connectivity index (χ3n) is 5.06. The Balaban J connectivity index is 0.00000300. The first-order chi connectivity index (χ1) is 13.6. The summed E-state index contributed by atoms with van der Waals surface area (Å²) in [6, 6.07) is 8.99. The number of benzene rings is 1. The molecule has 0 bridgehead atoms. The molecule has 2 N–H and O–H groups in total. The second-order valence-corrected chi connectivity index (χ2v) is 7.33. The van der Waals surface area contributed by atoms with Crippen molar-refractivity contribution in [1.29, 1.82) is 0 Å². The highest BCUT2D eigenvalue weighted by molar-refractivity contribution is 14.0. The molecule has 2 unspecified atom stereocenters. The lowest BCUT2D eigenvalue weighted by Crippen LogP contribution is -2.52. The van der Waals surface area contributed by atoms with Crippen LogP contribution in [0.5, 0.6) is 0 Å². The summed E-state index contributed by atoms with van der Waals surface area (Å²) in [5.74, 6) is 1.39. The minimum Gasteiger partial charge on any atom is -0.444 e. The maximum absolute atomic E-state index is 5.62. The number of aliphatic imine (C=N–C) groups is 1. The molecule has 2 atom stereocenters. The zero-order valence-electron chi connectivity index (χ0n) is 17.6. The topological polar surface area (TPSA) is 74.9 Å². The van der Waals surface area contributed by atoms with Gasteiger partial charge in [-0.1, -0.05) is 17.7 Å². The molecule has 0 saturated carbocycles. The standard InChI is InChI=1S/C21H31N5O2.HI/c1-15-5-7-18(8-6-15)20-25-19(14-28-20)12-24-21(22-4)23-11-16(2)26-9-10-27-13-17(26)3;/h5-8,14,16-17H,9-13H2,1-4H3,(H2,22,23,24);1H. The first-order valence-electron chi connectivity index (χ1n) is 9.86. The van der Waals surface area contributed by atoms with Gasteiger partial charge in [-0.05, 0) is 32.9 Å². The van der Waals surface area contributed by atoms with E-state index in [0.29, 0.717) is 24.5 Å². The minimum absolute atomic E-state index is 0. The number of halogens is 1. The summed E-state index contributed by atoms with van der Waals surface area (Å²) in [6.45, 7) is 10.4. The molecule has 0 aliphatic carbocycles. The molecule has 1 saturated heterocycles. The second kappa shape index (κ2) is 11.5. The zero-order chi connectivity index (χ0) is 19.9. The van der Waals surface area contributed by atoms with Crippen LogP contribution in [0.4, 0.5) is 0 Å². The zero-order valence-corrected chi connectivity index (χ0v) is 20.0. The van der Waals surface area contributed by atoms with Gasteiger partial charge in [-0.15, -0.1) is 24.0 Å². The van der Waals surface area contributed by atoms with Crippen LogP contribution in [0.1, 0.15) is 25.1 Å². The van der Waals surface area contributed by atoms with E-state index in [1.807, 2.05) is 12.1 Å². The van der Waals surface area contributed by atoms with Crippen molar-refractivity contribution in [3.8, 4) is 11.5 Å².